The van der Waals surface area contributed by atoms with E-state index < -0.39 is 0 Å². The van der Waals surface area contributed by atoms with Crippen molar-refractivity contribution in [2.45, 2.75) is 19.8 Å². The Morgan fingerprint density at radius 2 is 2.00 bits per heavy atom. The van der Waals surface area contributed by atoms with Gasteiger partial charge in [-0.15, -0.1) is 0 Å². The highest BCUT2D eigenvalue weighted by Crippen LogP contribution is 2.19. The Hall–Kier alpha value is -1.77. The summed E-state index contributed by atoms with van der Waals surface area (Å²) in [5, 5.41) is 1.12. The zero-order chi connectivity index (χ0) is 11.8. The van der Waals surface area contributed by atoms with Crippen molar-refractivity contribution in [3.63, 3.8) is 0 Å². The normalized spacial score (nSPS) is 15.7. The SMILES string of the molecule is Cc1cc2cc(C(=O)N3CCCC3)ccc2[nH]1. The summed E-state index contributed by atoms with van der Waals surface area (Å²) in [6.45, 7) is 3.84. The molecule has 2 heterocycles. The van der Waals surface area contributed by atoms with Crippen LogP contribution in [0.2, 0.25) is 0 Å². The number of aromatic amines is 1. The largest absolute Gasteiger partial charge is 0.359 e. The molecule has 1 aromatic heterocycles. The van der Waals surface area contributed by atoms with E-state index in [1.165, 1.54) is 0 Å². The third kappa shape index (κ3) is 1.82. The molecule has 1 aromatic carbocycles. The highest BCUT2D eigenvalue weighted by atomic mass is 16.2. The van der Waals surface area contributed by atoms with Crippen LogP contribution in [0.1, 0.15) is 28.9 Å². The highest BCUT2D eigenvalue weighted by Gasteiger charge is 2.19. The van der Waals surface area contributed by atoms with Crippen LogP contribution in [0.15, 0.2) is 24.3 Å². The lowest BCUT2D eigenvalue weighted by Gasteiger charge is -2.14. The number of likely N-dealkylation sites (tertiary alicyclic amines) is 1. The van der Waals surface area contributed by atoms with Crippen molar-refractivity contribution in [1.29, 1.82) is 0 Å². The number of nitrogens with zero attached hydrogens (tertiary/aromatic N) is 1. The van der Waals surface area contributed by atoms with Gasteiger partial charge in [0.2, 0.25) is 0 Å². The molecule has 17 heavy (non-hydrogen) atoms. The number of rotatable bonds is 1. The predicted molar refractivity (Wildman–Crippen MR) is 68.2 cm³/mol. The van der Waals surface area contributed by atoms with Gasteiger partial charge < -0.3 is 9.88 Å². The van der Waals surface area contributed by atoms with Crippen LogP contribution in [-0.2, 0) is 0 Å². The maximum absolute atomic E-state index is 12.2. The molecular formula is C14H16N2O. The quantitative estimate of drug-likeness (QED) is 0.800. The smallest absolute Gasteiger partial charge is 0.253 e. The highest BCUT2D eigenvalue weighted by molar-refractivity contribution is 5.98. The first-order valence-corrected chi connectivity index (χ1v) is 6.13. The van der Waals surface area contributed by atoms with Gasteiger partial charge in [0.1, 0.15) is 0 Å². The number of amides is 1. The Morgan fingerprint density at radius 3 is 2.76 bits per heavy atom. The van der Waals surface area contributed by atoms with E-state index in [0.717, 1.165) is 48.1 Å². The van der Waals surface area contributed by atoms with Gasteiger partial charge in [-0.25, -0.2) is 0 Å². The minimum atomic E-state index is 0.170. The van der Waals surface area contributed by atoms with Crippen LogP contribution in [-0.4, -0.2) is 28.9 Å². The number of H-pyrrole nitrogens is 1. The summed E-state index contributed by atoms with van der Waals surface area (Å²) in [6.07, 6.45) is 2.27. The molecule has 88 valence electrons. The van der Waals surface area contributed by atoms with Crippen molar-refractivity contribution in [1.82, 2.24) is 9.88 Å². The number of aryl methyl sites for hydroxylation is 1. The Bertz CT molecular complexity index is 565. The van der Waals surface area contributed by atoms with Gasteiger partial charge in [0.25, 0.3) is 5.91 Å². The summed E-state index contributed by atoms with van der Waals surface area (Å²) in [4.78, 5) is 17.4. The van der Waals surface area contributed by atoms with Gasteiger partial charge in [-0.05, 0) is 44.0 Å². The van der Waals surface area contributed by atoms with Crippen LogP contribution in [0, 0.1) is 6.92 Å². The molecule has 0 atom stereocenters. The monoisotopic (exact) mass is 228 g/mol. The summed E-state index contributed by atoms with van der Waals surface area (Å²) < 4.78 is 0. The first-order chi connectivity index (χ1) is 8.24. The third-order valence-corrected chi connectivity index (χ3v) is 3.40. The summed E-state index contributed by atoms with van der Waals surface area (Å²) in [5.41, 5.74) is 3.03. The lowest BCUT2D eigenvalue weighted by molar-refractivity contribution is 0.0793. The predicted octanol–water partition coefficient (Wildman–Crippen LogP) is 2.71. The molecule has 0 radical (unpaired) electrons. The van der Waals surface area contributed by atoms with Crippen molar-refractivity contribution in [3.8, 4) is 0 Å². The zero-order valence-electron chi connectivity index (χ0n) is 9.99. The lowest BCUT2D eigenvalue weighted by Crippen LogP contribution is -2.27. The van der Waals surface area contributed by atoms with Crippen LogP contribution in [0.3, 0.4) is 0 Å². The topological polar surface area (TPSA) is 36.1 Å². The molecule has 1 N–H and O–H groups in total. The van der Waals surface area contributed by atoms with E-state index in [2.05, 4.69) is 11.1 Å². The molecule has 1 aliphatic rings. The fourth-order valence-electron chi connectivity index (χ4n) is 2.51. The number of hydrogen-bond acceptors (Lipinski definition) is 1. The van der Waals surface area contributed by atoms with E-state index in [0.29, 0.717) is 0 Å². The van der Waals surface area contributed by atoms with Gasteiger partial charge in [-0.3, -0.25) is 4.79 Å². The van der Waals surface area contributed by atoms with E-state index in [-0.39, 0.29) is 5.91 Å². The second-order valence-corrected chi connectivity index (χ2v) is 4.75. The summed E-state index contributed by atoms with van der Waals surface area (Å²) in [6, 6.07) is 7.97. The Labute approximate surface area is 100 Å². The van der Waals surface area contributed by atoms with Crippen LogP contribution in [0.25, 0.3) is 10.9 Å². The fourth-order valence-corrected chi connectivity index (χ4v) is 2.51. The molecule has 3 heteroatoms. The van der Waals surface area contributed by atoms with E-state index in [4.69, 9.17) is 0 Å². The molecule has 3 rings (SSSR count). The van der Waals surface area contributed by atoms with E-state index >= 15 is 0 Å². The number of benzene rings is 1. The molecule has 1 amide bonds. The molecule has 2 aromatic rings. The molecule has 0 bridgehead atoms. The Balaban J connectivity index is 1.96. The average Bonchev–Trinajstić information content (AvgIpc) is 2.94. The number of nitrogens with one attached hydrogen (secondary N) is 1. The van der Waals surface area contributed by atoms with Gasteiger partial charge >= 0.3 is 0 Å². The van der Waals surface area contributed by atoms with E-state index in [1.807, 2.05) is 30.0 Å². The fraction of sp³-hybridized carbons (Fsp3) is 0.357. The van der Waals surface area contributed by atoms with Crippen LogP contribution in [0.5, 0.6) is 0 Å². The molecule has 0 saturated carbocycles. The number of hydrogen-bond donors (Lipinski definition) is 1. The second kappa shape index (κ2) is 3.91. The summed E-state index contributed by atoms with van der Waals surface area (Å²) in [5.74, 6) is 0.170. The number of aromatic nitrogens is 1. The Morgan fingerprint density at radius 1 is 1.24 bits per heavy atom. The van der Waals surface area contributed by atoms with Crippen molar-refractivity contribution in [2.24, 2.45) is 0 Å². The molecular weight excluding hydrogens is 212 g/mol. The van der Waals surface area contributed by atoms with Gasteiger partial charge in [0, 0.05) is 35.2 Å². The van der Waals surface area contributed by atoms with Gasteiger partial charge in [-0.1, -0.05) is 0 Å². The first-order valence-electron chi connectivity index (χ1n) is 6.13. The second-order valence-electron chi connectivity index (χ2n) is 4.75. The van der Waals surface area contributed by atoms with Gasteiger partial charge in [0.05, 0.1) is 0 Å². The molecule has 3 nitrogen and oxygen atoms in total. The number of carbonyl (C=O) groups is 1. The van der Waals surface area contributed by atoms with Gasteiger partial charge in [-0.2, -0.15) is 0 Å². The molecule has 1 saturated heterocycles. The maximum Gasteiger partial charge on any atom is 0.253 e. The lowest BCUT2D eigenvalue weighted by atomic mass is 10.1. The molecule has 0 spiro atoms. The molecule has 0 aliphatic carbocycles. The third-order valence-electron chi connectivity index (χ3n) is 3.40. The summed E-state index contributed by atoms with van der Waals surface area (Å²) >= 11 is 0. The van der Waals surface area contributed by atoms with Crippen LogP contribution in [0.4, 0.5) is 0 Å². The van der Waals surface area contributed by atoms with Crippen molar-refractivity contribution in [2.75, 3.05) is 13.1 Å². The minimum Gasteiger partial charge on any atom is -0.359 e. The average molecular weight is 228 g/mol. The molecule has 1 aliphatic heterocycles. The van der Waals surface area contributed by atoms with Crippen molar-refractivity contribution < 1.29 is 4.79 Å². The number of fused-ring (bicyclic) bond motifs is 1. The minimum absolute atomic E-state index is 0.170. The maximum atomic E-state index is 12.2. The van der Waals surface area contributed by atoms with Crippen LogP contribution >= 0.6 is 0 Å². The van der Waals surface area contributed by atoms with E-state index in [9.17, 15) is 4.79 Å². The first kappa shape index (κ1) is 10.4. The van der Waals surface area contributed by atoms with Crippen molar-refractivity contribution >= 4 is 16.8 Å². The van der Waals surface area contributed by atoms with Crippen LogP contribution < -0.4 is 0 Å². The molecule has 0 unspecified atom stereocenters. The Kier molecular flexibility index (Phi) is 2.39. The standard InChI is InChI=1S/C14H16N2O/c1-10-8-12-9-11(4-5-13(12)15-10)14(17)16-6-2-3-7-16/h4-5,8-9,15H,2-3,6-7H2,1H3. The van der Waals surface area contributed by atoms with Gasteiger partial charge in [0.15, 0.2) is 0 Å². The number of carbonyl (C=O) groups excluding carboxylic acids is 1. The van der Waals surface area contributed by atoms with E-state index in [1.54, 1.807) is 0 Å². The summed E-state index contributed by atoms with van der Waals surface area (Å²) in [7, 11) is 0. The van der Waals surface area contributed by atoms with Crippen molar-refractivity contribution in [3.05, 3.63) is 35.5 Å². The molecule has 1 fully saturated rings. The zero-order valence-corrected chi connectivity index (χ0v) is 9.99.